The number of allylic oxidation sites excluding steroid dienone is 1. The van der Waals surface area contributed by atoms with Gasteiger partial charge in [-0.3, -0.25) is 14.4 Å². The molecule has 5 heteroatoms. The molecule has 0 unspecified atom stereocenters. The zero-order valence-electron chi connectivity index (χ0n) is 18.3. The molecular weight excluding hydrogens is 356 g/mol. The summed E-state index contributed by atoms with van der Waals surface area (Å²) in [5.74, 6) is 0.644. The van der Waals surface area contributed by atoms with Crippen LogP contribution in [0.4, 0.5) is 0 Å². The second-order valence-corrected chi connectivity index (χ2v) is 10.1. The molecule has 0 saturated heterocycles. The molecule has 0 aromatic carbocycles. The van der Waals surface area contributed by atoms with E-state index >= 15 is 0 Å². The van der Waals surface area contributed by atoms with Crippen LogP contribution >= 0.6 is 0 Å². The fraction of sp³-hybridized carbons (Fsp3) is 0.783. The maximum Gasteiger partial charge on any atom is 0.319 e. The Labute approximate surface area is 168 Å². The van der Waals surface area contributed by atoms with Crippen LogP contribution in [0, 0.1) is 33.5 Å². The van der Waals surface area contributed by atoms with Gasteiger partial charge in [-0.05, 0) is 55.3 Å². The summed E-state index contributed by atoms with van der Waals surface area (Å²) in [4.78, 5) is 35.6. The Bertz CT molecular complexity index is 730. The third-order valence-corrected chi connectivity index (χ3v) is 8.95. The highest BCUT2D eigenvalue weighted by Crippen LogP contribution is 2.66. The summed E-state index contributed by atoms with van der Waals surface area (Å²) in [6, 6.07) is 0. The second kappa shape index (κ2) is 6.43. The molecule has 4 aliphatic carbocycles. The summed E-state index contributed by atoms with van der Waals surface area (Å²) in [6.07, 6.45) is 6.56. The van der Waals surface area contributed by atoms with Crippen LogP contribution in [0.25, 0.3) is 0 Å². The van der Waals surface area contributed by atoms with Crippen molar-refractivity contribution in [3.63, 3.8) is 0 Å². The monoisotopic (exact) mass is 390 g/mol. The predicted octanol–water partition coefficient (Wildman–Crippen LogP) is 4.10. The Balaban J connectivity index is 0.000000161. The highest BCUT2D eigenvalue weighted by atomic mass is 16.5. The normalized spacial score (nSPS) is 38.5. The molecule has 3 saturated carbocycles. The standard InChI is InChI=1S/C12H18O2.C11H16O3/c1-8-7-9-5-6-12(8,10(13)14-4)11(9,2)3;1-10(2)7-4-5-11(10,8(12)6-7)9(13)14-3/h7,9H,5-6H2,1-4H3;7H,4-6H2,1-3H3/t9-,12+;7-,11+/m11/s1. The smallest absolute Gasteiger partial charge is 0.319 e. The molecule has 3 fully saturated rings. The summed E-state index contributed by atoms with van der Waals surface area (Å²) in [7, 11) is 2.86. The Morgan fingerprint density at radius 3 is 1.82 bits per heavy atom. The number of carbonyl (C=O) groups excluding carboxylic acids is 3. The molecule has 4 atom stereocenters. The van der Waals surface area contributed by atoms with E-state index in [1.54, 1.807) is 0 Å². The molecule has 5 nitrogen and oxygen atoms in total. The van der Waals surface area contributed by atoms with E-state index in [9.17, 15) is 14.4 Å². The largest absolute Gasteiger partial charge is 0.468 e. The van der Waals surface area contributed by atoms with E-state index in [-0.39, 0.29) is 34.0 Å². The molecule has 0 spiro atoms. The molecule has 0 aliphatic heterocycles. The van der Waals surface area contributed by atoms with Gasteiger partial charge in [0.1, 0.15) is 5.41 Å². The first-order valence-corrected chi connectivity index (χ1v) is 10.3. The molecule has 0 aromatic heterocycles. The van der Waals surface area contributed by atoms with E-state index in [1.807, 2.05) is 13.8 Å². The molecule has 4 aliphatic rings. The average Bonchev–Trinajstić information content (AvgIpc) is 3.20. The number of methoxy groups -OCH3 is 2. The van der Waals surface area contributed by atoms with Crippen molar-refractivity contribution >= 4 is 17.7 Å². The van der Waals surface area contributed by atoms with Crippen molar-refractivity contribution in [1.82, 2.24) is 0 Å². The maximum absolute atomic E-state index is 12.0. The zero-order valence-corrected chi connectivity index (χ0v) is 18.3. The lowest BCUT2D eigenvalue weighted by molar-refractivity contribution is -0.161. The van der Waals surface area contributed by atoms with Crippen LogP contribution in [0.2, 0.25) is 0 Å². The highest BCUT2D eigenvalue weighted by Gasteiger charge is 2.69. The van der Waals surface area contributed by atoms with Crippen molar-refractivity contribution in [3.8, 4) is 0 Å². The van der Waals surface area contributed by atoms with E-state index in [4.69, 9.17) is 9.47 Å². The van der Waals surface area contributed by atoms with E-state index in [2.05, 4.69) is 26.8 Å². The minimum atomic E-state index is -0.827. The van der Waals surface area contributed by atoms with Gasteiger partial charge in [-0.2, -0.15) is 0 Å². The molecule has 0 heterocycles. The summed E-state index contributed by atoms with van der Waals surface area (Å²) >= 11 is 0. The molecule has 28 heavy (non-hydrogen) atoms. The maximum atomic E-state index is 12.0. The zero-order chi connectivity index (χ0) is 21.1. The molecular formula is C23H34O5. The Morgan fingerprint density at radius 2 is 1.46 bits per heavy atom. The number of Topliss-reactive ketones (excluding diaryl/α,β-unsaturated/α-hetero) is 1. The van der Waals surface area contributed by atoms with Gasteiger partial charge in [0.25, 0.3) is 0 Å². The van der Waals surface area contributed by atoms with Gasteiger partial charge in [0, 0.05) is 6.42 Å². The first-order valence-electron chi connectivity index (χ1n) is 10.3. The quantitative estimate of drug-likeness (QED) is 0.403. The minimum Gasteiger partial charge on any atom is -0.468 e. The number of carbonyl (C=O) groups is 3. The van der Waals surface area contributed by atoms with Crippen LogP contribution in [0.3, 0.4) is 0 Å². The van der Waals surface area contributed by atoms with Gasteiger partial charge in [-0.1, -0.05) is 39.3 Å². The van der Waals surface area contributed by atoms with E-state index < -0.39 is 5.41 Å². The van der Waals surface area contributed by atoms with Crippen molar-refractivity contribution in [1.29, 1.82) is 0 Å². The highest BCUT2D eigenvalue weighted by molar-refractivity contribution is 6.07. The number of fused-ring (bicyclic) bond motifs is 4. The first kappa shape index (κ1) is 21.1. The number of rotatable bonds is 2. The van der Waals surface area contributed by atoms with Gasteiger partial charge in [-0.25, -0.2) is 0 Å². The van der Waals surface area contributed by atoms with Gasteiger partial charge >= 0.3 is 11.9 Å². The van der Waals surface area contributed by atoms with Crippen LogP contribution < -0.4 is 0 Å². The molecule has 4 bridgehead atoms. The van der Waals surface area contributed by atoms with Crippen LogP contribution in [0.1, 0.15) is 66.7 Å². The van der Waals surface area contributed by atoms with Crippen molar-refractivity contribution in [3.05, 3.63) is 11.6 Å². The van der Waals surface area contributed by atoms with Gasteiger partial charge < -0.3 is 9.47 Å². The SMILES string of the molecule is COC(=O)[C@]12CC[C@H](C=C1C)C2(C)C.COC(=O)[C@]12CC[C@H](CC1=O)C2(C)C. The molecule has 0 radical (unpaired) electrons. The Morgan fingerprint density at radius 1 is 0.929 bits per heavy atom. The third kappa shape index (κ3) is 2.28. The second-order valence-electron chi connectivity index (χ2n) is 10.1. The average molecular weight is 391 g/mol. The van der Waals surface area contributed by atoms with Crippen molar-refractivity contribution in [2.45, 2.75) is 66.7 Å². The number of hydrogen-bond acceptors (Lipinski definition) is 5. The van der Waals surface area contributed by atoms with Crippen LogP contribution in [-0.2, 0) is 23.9 Å². The Kier molecular flexibility index (Phi) is 4.84. The molecule has 0 amide bonds. The Hall–Kier alpha value is -1.65. The summed E-state index contributed by atoms with van der Waals surface area (Å²) in [5.41, 5.74) is -0.106. The third-order valence-electron chi connectivity index (χ3n) is 8.95. The predicted molar refractivity (Wildman–Crippen MR) is 105 cm³/mol. The van der Waals surface area contributed by atoms with Gasteiger partial charge in [0.15, 0.2) is 5.78 Å². The van der Waals surface area contributed by atoms with Gasteiger partial charge in [0.2, 0.25) is 0 Å². The van der Waals surface area contributed by atoms with E-state index in [0.717, 1.165) is 19.3 Å². The van der Waals surface area contributed by atoms with Crippen molar-refractivity contribution in [2.24, 2.45) is 33.5 Å². The molecule has 0 aromatic rings. The fourth-order valence-electron chi connectivity index (χ4n) is 6.84. The lowest BCUT2D eigenvalue weighted by atomic mass is 9.66. The van der Waals surface area contributed by atoms with Crippen LogP contribution in [0.5, 0.6) is 0 Å². The van der Waals surface area contributed by atoms with Gasteiger partial charge in [0.05, 0.1) is 19.6 Å². The summed E-state index contributed by atoms with van der Waals surface area (Å²) in [5, 5.41) is 0. The van der Waals surface area contributed by atoms with E-state index in [0.29, 0.717) is 24.7 Å². The number of esters is 2. The fourth-order valence-corrected chi connectivity index (χ4v) is 6.84. The number of ketones is 1. The topological polar surface area (TPSA) is 69.7 Å². The molecule has 4 rings (SSSR count). The molecule has 156 valence electrons. The van der Waals surface area contributed by atoms with Gasteiger partial charge in [-0.15, -0.1) is 0 Å². The first-order chi connectivity index (χ1) is 12.9. The van der Waals surface area contributed by atoms with Crippen LogP contribution in [0.15, 0.2) is 11.6 Å². The number of hydrogen-bond donors (Lipinski definition) is 0. The number of ether oxygens (including phenoxy) is 2. The van der Waals surface area contributed by atoms with Crippen molar-refractivity contribution < 1.29 is 23.9 Å². The summed E-state index contributed by atoms with van der Waals surface area (Å²) < 4.78 is 9.78. The van der Waals surface area contributed by atoms with Crippen molar-refractivity contribution in [2.75, 3.05) is 14.2 Å². The van der Waals surface area contributed by atoms with Crippen LogP contribution in [-0.4, -0.2) is 31.9 Å². The lowest BCUT2D eigenvalue weighted by Crippen LogP contribution is -2.44. The minimum absolute atomic E-state index is 0.0451. The van der Waals surface area contributed by atoms with E-state index in [1.165, 1.54) is 19.8 Å². The lowest BCUT2D eigenvalue weighted by Gasteiger charge is -2.37. The molecule has 0 N–H and O–H groups in total. The summed E-state index contributed by atoms with van der Waals surface area (Å²) in [6.45, 7) is 10.5.